The summed E-state index contributed by atoms with van der Waals surface area (Å²) in [6.07, 6.45) is 6.13. The predicted octanol–water partition coefficient (Wildman–Crippen LogP) is 2.36. The van der Waals surface area contributed by atoms with Gasteiger partial charge in [0.2, 0.25) is 0 Å². The lowest BCUT2D eigenvalue weighted by molar-refractivity contribution is 0.195. The zero-order chi connectivity index (χ0) is 17.1. The Balaban J connectivity index is 1.39. The van der Waals surface area contributed by atoms with E-state index in [0.29, 0.717) is 6.04 Å². The molecule has 2 aromatic heterocycles. The van der Waals surface area contributed by atoms with Crippen LogP contribution < -0.4 is 9.80 Å². The minimum atomic E-state index is 0.355. The Morgan fingerprint density at radius 2 is 1.52 bits per heavy atom. The molecule has 0 N–H and O–H groups in total. The lowest BCUT2D eigenvalue weighted by Gasteiger charge is -2.38. The topological polar surface area (TPSA) is 48.4 Å². The number of hydrogen-bond donors (Lipinski definition) is 0. The molecule has 0 radical (unpaired) electrons. The summed E-state index contributed by atoms with van der Waals surface area (Å²) < 4.78 is 0. The highest BCUT2D eigenvalue weighted by atomic mass is 15.3. The third kappa shape index (κ3) is 3.58. The summed E-state index contributed by atoms with van der Waals surface area (Å²) in [5, 5.41) is 0. The van der Waals surface area contributed by atoms with E-state index in [0.717, 1.165) is 56.6 Å². The summed E-state index contributed by atoms with van der Waals surface area (Å²) in [7, 11) is 0. The summed E-state index contributed by atoms with van der Waals surface area (Å²) in [6.45, 7) is 8.52. The van der Waals surface area contributed by atoms with Crippen LogP contribution in [-0.2, 0) is 0 Å². The van der Waals surface area contributed by atoms with Crippen LogP contribution in [0.2, 0.25) is 0 Å². The molecule has 2 aromatic rings. The molecule has 6 heteroatoms. The van der Waals surface area contributed by atoms with E-state index < -0.39 is 0 Å². The Morgan fingerprint density at radius 3 is 2.16 bits per heavy atom. The van der Waals surface area contributed by atoms with E-state index in [1.54, 1.807) is 6.33 Å². The first kappa shape index (κ1) is 16.3. The van der Waals surface area contributed by atoms with Crippen LogP contribution in [0.4, 0.5) is 11.6 Å². The molecular formula is C19H26N6. The molecule has 2 fully saturated rings. The maximum absolute atomic E-state index is 4.52. The van der Waals surface area contributed by atoms with Crippen molar-refractivity contribution in [2.75, 3.05) is 49.1 Å². The van der Waals surface area contributed by atoms with Crippen LogP contribution in [0, 0.1) is 0 Å². The van der Waals surface area contributed by atoms with Gasteiger partial charge in [0.05, 0.1) is 5.69 Å². The van der Waals surface area contributed by atoms with Crippen molar-refractivity contribution in [1.29, 1.82) is 0 Å². The van der Waals surface area contributed by atoms with Gasteiger partial charge in [-0.25, -0.2) is 9.97 Å². The first-order valence-corrected chi connectivity index (χ1v) is 9.28. The van der Waals surface area contributed by atoms with Crippen molar-refractivity contribution in [3.63, 3.8) is 0 Å². The van der Waals surface area contributed by atoms with Gasteiger partial charge in [-0.2, -0.15) is 0 Å². The lowest BCUT2D eigenvalue weighted by Crippen LogP contribution is -2.47. The molecule has 0 bridgehead atoms. The van der Waals surface area contributed by atoms with Crippen molar-refractivity contribution in [3.05, 3.63) is 42.5 Å². The van der Waals surface area contributed by atoms with E-state index in [1.165, 1.54) is 12.8 Å². The van der Waals surface area contributed by atoms with Gasteiger partial charge in [-0.15, -0.1) is 0 Å². The molecule has 4 rings (SSSR count). The zero-order valence-corrected chi connectivity index (χ0v) is 14.9. The molecule has 132 valence electrons. The molecule has 4 heterocycles. The molecule has 25 heavy (non-hydrogen) atoms. The molecule has 0 aliphatic carbocycles. The zero-order valence-electron chi connectivity index (χ0n) is 14.9. The van der Waals surface area contributed by atoms with Gasteiger partial charge in [-0.3, -0.25) is 9.88 Å². The summed E-state index contributed by atoms with van der Waals surface area (Å²) in [4.78, 5) is 20.7. The number of rotatable bonds is 4. The van der Waals surface area contributed by atoms with E-state index in [4.69, 9.17) is 0 Å². The van der Waals surface area contributed by atoms with Crippen LogP contribution in [0.3, 0.4) is 0 Å². The molecule has 0 spiro atoms. The number of hydrogen-bond acceptors (Lipinski definition) is 6. The Morgan fingerprint density at radius 1 is 0.840 bits per heavy atom. The van der Waals surface area contributed by atoms with Crippen molar-refractivity contribution in [2.24, 2.45) is 0 Å². The molecule has 0 aromatic carbocycles. The molecular weight excluding hydrogens is 312 g/mol. The quantitative estimate of drug-likeness (QED) is 0.853. The van der Waals surface area contributed by atoms with Crippen LogP contribution in [0.25, 0.3) is 0 Å². The molecule has 2 aliphatic rings. The standard InChI is InChI=1S/C19H26N6/c1-16(17-6-2-3-7-20-17)23-10-12-25(13-11-23)19-14-18(21-15-22-19)24-8-4-5-9-24/h2-3,6-7,14-16H,4-5,8-13H2,1H3/t16-/m1/s1. The van der Waals surface area contributed by atoms with Crippen LogP contribution in [-0.4, -0.2) is 59.1 Å². The minimum Gasteiger partial charge on any atom is -0.356 e. The van der Waals surface area contributed by atoms with Crippen molar-refractivity contribution in [2.45, 2.75) is 25.8 Å². The molecule has 2 saturated heterocycles. The number of piperazine rings is 1. The summed E-state index contributed by atoms with van der Waals surface area (Å²) in [6, 6.07) is 8.67. The van der Waals surface area contributed by atoms with Crippen LogP contribution in [0.1, 0.15) is 31.5 Å². The predicted molar refractivity (Wildman–Crippen MR) is 99.9 cm³/mol. The Bertz CT molecular complexity index is 677. The Labute approximate surface area is 149 Å². The largest absolute Gasteiger partial charge is 0.356 e. The van der Waals surface area contributed by atoms with Gasteiger partial charge in [0.25, 0.3) is 0 Å². The highest BCUT2D eigenvalue weighted by molar-refractivity contribution is 5.50. The fourth-order valence-corrected chi connectivity index (χ4v) is 3.78. The lowest BCUT2D eigenvalue weighted by atomic mass is 10.1. The van der Waals surface area contributed by atoms with Crippen molar-refractivity contribution < 1.29 is 0 Å². The van der Waals surface area contributed by atoms with E-state index in [2.05, 4.69) is 54.8 Å². The number of anilines is 2. The smallest absolute Gasteiger partial charge is 0.134 e. The number of aromatic nitrogens is 3. The van der Waals surface area contributed by atoms with E-state index in [-0.39, 0.29) is 0 Å². The number of nitrogens with zero attached hydrogens (tertiary/aromatic N) is 6. The average molecular weight is 338 g/mol. The normalized spacial score (nSPS) is 20.0. The molecule has 6 nitrogen and oxygen atoms in total. The van der Waals surface area contributed by atoms with E-state index in [9.17, 15) is 0 Å². The SMILES string of the molecule is C[C@H](c1ccccn1)N1CCN(c2cc(N3CCCC3)ncn2)CC1. The fraction of sp³-hybridized carbons (Fsp3) is 0.526. The van der Waals surface area contributed by atoms with Gasteiger partial charge in [0.15, 0.2) is 0 Å². The second-order valence-electron chi connectivity index (χ2n) is 6.88. The minimum absolute atomic E-state index is 0.355. The van der Waals surface area contributed by atoms with E-state index >= 15 is 0 Å². The summed E-state index contributed by atoms with van der Waals surface area (Å²) in [5.74, 6) is 2.13. The van der Waals surface area contributed by atoms with Gasteiger partial charge in [-0.05, 0) is 31.9 Å². The second-order valence-corrected chi connectivity index (χ2v) is 6.88. The molecule has 0 amide bonds. The first-order valence-electron chi connectivity index (χ1n) is 9.28. The Hall–Kier alpha value is -2.21. The van der Waals surface area contributed by atoms with Crippen molar-refractivity contribution in [3.8, 4) is 0 Å². The van der Waals surface area contributed by atoms with Crippen LogP contribution in [0.5, 0.6) is 0 Å². The third-order valence-electron chi connectivity index (χ3n) is 5.37. The van der Waals surface area contributed by atoms with Crippen LogP contribution in [0.15, 0.2) is 36.8 Å². The fourth-order valence-electron chi connectivity index (χ4n) is 3.78. The number of pyridine rings is 1. The van der Waals surface area contributed by atoms with Gasteiger partial charge in [-0.1, -0.05) is 6.07 Å². The van der Waals surface area contributed by atoms with Crippen molar-refractivity contribution >= 4 is 11.6 Å². The third-order valence-corrected chi connectivity index (χ3v) is 5.37. The van der Waals surface area contributed by atoms with Gasteiger partial charge >= 0.3 is 0 Å². The maximum Gasteiger partial charge on any atom is 0.134 e. The molecule has 1 atom stereocenters. The second kappa shape index (κ2) is 7.35. The molecule has 0 unspecified atom stereocenters. The van der Waals surface area contributed by atoms with E-state index in [1.807, 2.05) is 12.3 Å². The van der Waals surface area contributed by atoms with Crippen LogP contribution >= 0.6 is 0 Å². The highest BCUT2D eigenvalue weighted by Gasteiger charge is 2.24. The van der Waals surface area contributed by atoms with Gasteiger partial charge in [0, 0.05) is 57.6 Å². The molecule has 0 saturated carbocycles. The van der Waals surface area contributed by atoms with Gasteiger partial charge < -0.3 is 9.80 Å². The summed E-state index contributed by atoms with van der Waals surface area (Å²) in [5.41, 5.74) is 1.15. The monoisotopic (exact) mass is 338 g/mol. The summed E-state index contributed by atoms with van der Waals surface area (Å²) >= 11 is 0. The maximum atomic E-state index is 4.52. The van der Waals surface area contributed by atoms with Crippen molar-refractivity contribution in [1.82, 2.24) is 19.9 Å². The Kier molecular flexibility index (Phi) is 4.78. The average Bonchev–Trinajstić information content (AvgIpc) is 3.23. The first-order chi connectivity index (χ1) is 12.3. The molecule has 2 aliphatic heterocycles. The highest BCUT2D eigenvalue weighted by Crippen LogP contribution is 2.24. The van der Waals surface area contributed by atoms with Gasteiger partial charge in [0.1, 0.15) is 18.0 Å².